The van der Waals surface area contributed by atoms with E-state index < -0.39 is 0 Å². The van der Waals surface area contributed by atoms with Crippen molar-refractivity contribution < 1.29 is 0 Å². The maximum atomic E-state index is 5.83. The molecule has 1 aromatic heterocycles. The molecule has 1 aromatic rings. The number of aromatic nitrogens is 2. The molecular weight excluding hydrogens is 188 g/mol. The van der Waals surface area contributed by atoms with Crippen LogP contribution in [0.4, 0.5) is 0 Å². The van der Waals surface area contributed by atoms with Gasteiger partial charge >= 0.3 is 0 Å². The molecule has 0 radical (unpaired) electrons. The van der Waals surface area contributed by atoms with Gasteiger partial charge in [-0.1, -0.05) is 0 Å². The van der Waals surface area contributed by atoms with Crippen LogP contribution in [0, 0.1) is 0 Å². The van der Waals surface area contributed by atoms with Crippen LogP contribution in [-0.4, -0.2) is 40.9 Å². The molecule has 0 bridgehead atoms. The molecule has 0 amide bonds. The van der Waals surface area contributed by atoms with Gasteiger partial charge in [-0.2, -0.15) is 5.10 Å². The molecule has 1 saturated heterocycles. The van der Waals surface area contributed by atoms with Crippen molar-refractivity contribution in [3.8, 4) is 0 Å². The van der Waals surface area contributed by atoms with Crippen molar-refractivity contribution >= 4 is 0 Å². The highest BCUT2D eigenvalue weighted by Crippen LogP contribution is 2.18. The van der Waals surface area contributed by atoms with Crippen LogP contribution >= 0.6 is 0 Å². The number of nitrogens with two attached hydrogens (primary N) is 1. The van der Waals surface area contributed by atoms with Crippen molar-refractivity contribution in [3.05, 3.63) is 18.0 Å². The van der Waals surface area contributed by atoms with E-state index in [2.05, 4.69) is 16.2 Å². The lowest BCUT2D eigenvalue weighted by Crippen LogP contribution is -2.29. The van der Waals surface area contributed by atoms with Crippen LogP contribution in [0.2, 0.25) is 0 Å². The zero-order chi connectivity index (χ0) is 10.7. The normalized spacial score (nSPS) is 19.6. The van der Waals surface area contributed by atoms with Gasteiger partial charge in [-0.25, -0.2) is 0 Å². The molecular formula is C11H20N4. The number of rotatable bonds is 4. The summed E-state index contributed by atoms with van der Waals surface area (Å²) in [6, 6.07) is 0. The molecule has 1 aliphatic rings. The fraction of sp³-hybridized carbons (Fsp3) is 0.727. The Morgan fingerprint density at radius 2 is 2.20 bits per heavy atom. The van der Waals surface area contributed by atoms with Crippen LogP contribution in [-0.2, 0) is 7.05 Å². The first-order valence-corrected chi connectivity index (χ1v) is 5.70. The lowest BCUT2D eigenvalue weighted by molar-refractivity contribution is 0.315. The minimum absolute atomic E-state index is 0.441. The Kier molecular flexibility index (Phi) is 3.38. The summed E-state index contributed by atoms with van der Waals surface area (Å²) in [5.41, 5.74) is 7.10. The summed E-state index contributed by atoms with van der Waals surface area (Å²) in [4.78, 5) is 2.50. The Labute approximate surface area is 91.1 Å². The third-order valence-corrected chi connectivity index (χ3v) is 3.16. The van der Waals surface area contributed by atoms with E-state index in [0.29, 0.717) is 12.5 Å². The molecule has 2 heterocycles. The molecule has 15 heavy (non-hydrogen) atoms. The van der Waals surface area contributed by atoms with E-state index in [1.165, 1.54) is 31.5 Å². The van der Waals surface area contributed by atoms with Gasteiger partial charge in [0.15, 0.2) is 0 Å². The summed E-state index contributed by atoms with van der Waals surface area (Å²) < 4.78 is 1.85. The Bertz CT molecular complexity index is 301. The van der Waals surface area contributed by atoms with E-state index >= 15 is 0 Å². The second-order valence-electron chi connectivity index (χ2n) is 4.39. The van der Waals surface area contributed by atoms with Crippen LogP contribution in [0.15, 0.2) is 12.4 Å². The van der Waals surface area contributed by atoms with Gasteiger partial charge in [0.1, 0.15) is 0 Å². The van der Waals surface area contributed by atoms with Gasteiger partial charge in [0.05, 0.1) is 6.20 Å². The van der Waals surface area contributed by atoms with Crippen molar-refractivity contribution in [1.82, 2.24) is 14.7 Å². The second-order valence-corrected chi connectivity index (χ2v) is 4.39. The molecule has 0 aliphatic carbocycles. The number of aryl methyl sites for hydroxylation is 1. The summed E-state index contributed by atoms with van der Waals surface area (Å²) in [5.74, 6) is 0.441. The Morgan fingerprint density at radius 1 is 1.47 bits per heavy atom. The molecule has 0 saturated carbocycles. The Balaban J connectivity index is 1.97. The predicted molar refractivity (Wildman–Crippen MR) is 60.7 cm³/mol. The highest BCUT2D eigenvalue weighted by molar-refractivity contribution is 5.12. The monoisotopic (exact) mass is 208 g/mol. The summed E-state index contributed by atoms with van der Waals surface area (Å²) in [7, 11) is 1.95. The SMILES string of the molecule is Cn1cc(C(CN)CN2CCCC2)cn1. The molecule has 0 aromatic carbocycles. The van der Waals surface area contributed by atoms with Crippen molar-refractivity contribution in [2.45, 2.75) is 18.8 Å². The third-order valence-electron chi connectivity index (χ3n) is 3.16. The first-order valence-electron chi connectivity index (χ1n) is 5.70. The van der Waals surface area contributed by atoms with Crippen molar-refractivity contribution in [2.75, 3.05) is 26.2 Å². The summed E-state index contributed by atoms with van der Waals surface area (Å²) >= 11 is 0. The molecule has 84 valence electrons. The summed E-state index contributed by atoms with van der Waals surface area (Å²) in [6.07, 6.45) is 6.69. The highest BCUT2D eigenvalue weighted by Gasteiger charge is 2.18. The fourth-order valence-corrected chi connectivity index (χ4v) is 2.24. The number of hydrogen-bond donors (Lipinski definition) is 1. The van der Waals surface area contributed by atoms with Gasteiger partial charge in [-0.3, -0.25) is 4.68 Å². The number of nitrogens with zero attached hydrogens (tertiary/aromatic N) is 3. The topological polar surface area (TPSA) is 47.1 Å². The van der Waals surface area contributed by atoms with Crippen LogP contribution in [0.5, 0.6) is 0 Å². The minimum atomic E-state index is 0.441. The molecule has 1 unspecified atom stereocenters. The number of likely N-dealkylation sites (tertiary alicyclic amines) is 1. The molecule has 0 spiro atoms. The Hall–Kier alpha value is -0.870. The average Bonchev–Trinajstić information content (AvgIpc) is 2.85. The molecule has 4 nitrogen and oxygen atoms in total. The zero-order valence-corrected chi connectivity index (χ0v) is 9.39. The smallest absolute Gasteiger partial charge is 0.0525 e. The van der Waals surface area contributed by atoms with E-state index in [9.17, 15) is 0 Å². The quantitative estimate of drug-likeness (QED) is 0.786. The highest BCUT2D eigenvalue weighted by atomic mass is 15.2. The van der Waals surface area contributed by atoms with Gasteiger partial charge in [-0.15, -0.1) is 0 Å². The van der Waals surface area contributed by atoms with E-state index in [4.69, 9.17) is 5.73 Å². The first kappa shape index (κ1) is 10.6. The van der Waals surface area contributed by atoms with E-state index in [1.807, 2.05) is 17.9 Å². The van der Waals surface area contributed by atoms with Crippen LogP contribution in [0.3, 0.4) is 0 Å². The largest absolute Gasteiger partial charge is 0.330 e. The summed E-state index contributed by atoms with van der Waals surface area (Å²) in [5, 5.41) is 4.20. The fourth-order valence-electron chi connectivity index (χ4n) is 2.24. The van der Waals surface area contributed by atoms with Gasteiger partial charge < -0.3 is 10.6 Å². The van der Waals surface area contributed by atoms with Crippen molar-refractivity contribution in [3.63, 3.8) is 0 Å². The number of hydrogen-bond acceptors (Lipinski definition) is 3. The third kappa shape index (κ3) is 2.58. The van der Waals surface area contributed by atoms with Gasteiger partial charge in [0.25, 0.3) is 0 Å². The molecule has 1 fully saturated rings. The maximum Gasteiger partial charge on any atom is 0.0525 e. The van der Waals surface area contributed by atoms with Crippen LogP contribution in [0.25, 0.3) is 0 Å². The zero-order valence-electron chi connectivity index (χ0n) is 9.39. The van der Waals surface area contributed by atoms with Gasteiger partial charge in [-0.05, 0) is 31.5 Å². The van der Waals surface area contributed by atoms with E-state index in [0.717, 1.165) is 6.54 Å². The van der Waals surface area contributed by atoms with Crippen LogP contribution < -0.4 is 5.73 Å². The molecule has 2 N–H and O–H groups in total. The predicted octanol–water partition coefficient (Wildman–Crippen LogP) is 0.558. The molecule has 1 atom stereocenters. The van der Waals surface area contributed by atoms with Gasteiger partial charge in [0.2, 0.25) is 0 Å². The minimum Gasteiger partial charge on any atom is -0.330 e. The molecule has 2 rings (SSSR count). The lowest BCUT2D eigenvalue weighted by Gasteiger charge is -2.21. The molecule has 1 aliphatic heterocycles. The lowest BCUT2D eigenvalue weighted by atomic mass is 10.0. The van der Waals surface area contributed by atoms with E-state index in [-0.39, 0.29) is 0 Å². The average molecular weight is 208 g/mol. The maximum absolute atomic E-state index is 5.83. The first-order chi connectivity index (χ1) is 7.29. The standard InChI is InChI=1S/C11H20N4/c1-14-8-11(7-13-14)10(6-12)9-15-4-2-3-5-15/h7-8,10H,2-6,9,12H2,1H3. The van der Waals surface area contributed by atoms with Crippen LogP contribution in [0.1, 0.15) is 24.3 Å². The Morgan fingerprint density at radius 3 is 2.73 bits per heavy atom. The van der Waals surface area contributed by atoms with E-state index in [1.54, 1.807) is 0 Å². The summed E-state index contributed by atoms with van der Waals surface area (Å²) in [6.45, 7) is 4.26. The van der Waals surface area contributed by atoms with Gasteiger partial charge in [0, 0.05) is 32.3 Å². The van der Waals surface area contributed by atoms with Crippen molar-refractivity contribution in [1.29, 1.82) is 0 Å². The molecule has 4 heteroatoms. The second kappa shape index (κ2) is 4.77. The van der Waals surface area contributed by atoms with Crippen molar-refractivity contribution in [2.24, 2.45) is 12.8 Å².